The summed E-state index contributed by atoms with van der Waals surface area (Å²) in [6.45, 7) is 0.486. The number of nitrogens with zero attached hydrogens (tertiary/aromatic N) is 4. The van der Waals surface area contributed by atoms with Crippen LogP contribution in [-0.2, 0) is 34.2 Å². The summed E-state index contributed by atoms with van der Waals surface area (Å²) in [4.78, 5) is 22.5. The van der Waals surface area contributed by atoms with Gasteiger partial charge < -0.3 is 9.42 Å². The van der Waals surface area contributed by atoms with Crippen molar-refractivity contribution in [2.75, 3.05) is 16.4 Å². The Balaban J connectivity index is 1.61. The molecule has 0 radical (unpaired) electrons. The first-order valence-electron chi connectivity index (χ1n) is 10.9. The van der Waals surface area contributed by atoms with Gasteiger partial charge >= 0.3 is 12.1 Å². The van der Waals surface area contributed by atoms with Crippen molar-refractivity contribution in [2.24, 2.45) is 5.92 Å². The van der Waals surface area contributed by atoms with E-state index in [1.54, 1.807) is 0 Å². The van der Waals surface area contributed by atoms with Crippen LogP contribution in [0, 0.1) is 5.92 Å². The van der Waals surface area contributed by atoms with Crippen molar-refractivity contribution < 1.29 is 35.5 Å². The van der Waals surface area contributed by atoms with Crippen molar-refractivity contribution in [1.82, 2.24) is 15.1 Å². The highest BCUT2D eigenvalue weighted by Gasteiger charge is 2.34. The van der Waals surface area contributed by atoms with Gasteiger partial charge in [-0.2, -0.15) is 26.9 Å². The zero-order chi connectivity index (χ0) is 26.1. The predicted molar refractivity (Wildman–Crippen MR) is 120 cm³/mol. The van der Waals surface area contributed by atoms with E-state index in [9.17, 15) is 31.0 Å². The molecular weight excluding hydrogens is 507 g/mol. The van der Waals surface area contributed by atoms with E-state index in [1.807, 2.05) is 0 Å². The molecule has 4 rings (SSSR count). The standard InChI is InChI=1S/C23H21F5N4O3S/c1-22(24,25)21-30-19(31-35-21)15-5-6-17(29-12-15)13-32(20(33)14-7-9-36(34)10-8-14)18-4-2-3-16(11-18)23(26,27)28/h2-6,11-12,14H,7-10,13H2,1H3. The first kappa shape index (κ1) is 25.9. The number of alkyl halides is 5. The van der Waals surface area contributed by atoms with Gasteiger partial charge in [0, 0.05) is 52.6 Å². The summed E-state index contributed by atoms with van der Waals surface area (Å²) in [6.07, 6.45) is -2.55. The SMILES string of the molecule is CC(F)(F)c1nc(-c2ccc(CN(C(=O)C3CCS(=O)CC3)c3cccc(C(F)(F)F)c3)nc2)no1. The molecule has 0 bridgehead atoms. The Hall–Kier alpha value is -3.22. The van der Waals surface area contributed by atoms with E-state index in [0.717, 1.165) is 12.1 Å². The van der Waals surface area contributed by atoms with Gasteiger partial charge in [0.15, 0.2) is 0 Å². The van der Waals surface area contributed by atoms with E-state index in [0.29, 0.717) is 37.0 Å². The Morgan fingerprint density at radius 2 is 1.86 bits per heavy atom. The molecule has 0 N–H and O–H groups in total. The Bertz CT molecular complexity index is 1250. The molecule has 0 saturated carbocycles. The van der Waals surface area contributed by atoms with Crippen LogP contribution in [0.2, 0.25) is 0 Å². The van der Waals surface area contributed by atoms with Gasteiger partial charge in [0.2, 0.25) is 11.7 Å². The highest BCUT2D eigenvalue weighted by molar-refractivity contribution is 7.85. The van der Waals surface area contributed by atoms with Gasteiger partial charge in [-0.05, 0) is 43.2 Å². The van der Waals surface area contributed by atoms with Gasteiger partial charge in [-0.25, -0.2) is 0 Å². The Morgan fingerprint density at radius 3 is 2.44 bits per heavy atom. The van der Waals surface area contributed by atoms with Crippen molar-refractivity contribution in [1.29, 1.82) is 0 Å². The minimum Gasteiger partial charge on any atom is -0.332 e. The van der Waals surface area contributed by atoms with Crippen LogP contribution in [0.4, 0.5) is 27.6 Å². The lowest BCUT2D eigenvalue weighted by Gasteiger charge is -2.29. The van der Waals surface area contributed by atoms with Crippen LogP contribution in [-0.4, -0.2) is 36.7 Å². The number of carbonyl (C=O) groups is 1. The van der Waals surface area contributed by atoms with Crippen LogP contribution < -0.4 is 4.90 Å². The van der Waals surface area contributed by atoms with Crippen molar-refractivity contribution in [2.45, 2.75) is 38.4 Å². The fourth-order valence-corrected chi connectivity index (χ4v) is 5.04. The second-order valence-corrected chi connectivity index (χ2v) is 10.1. The lowest BCUT2D eigenvalue weighted by Crippen LogP contribution is -2.39. The van der Waals surface area contributed by atoms with Crippen LogP contribution in [0.3, 0.4) is 0 Å². The van der Waals surface area contributed by atoms with Crippen LogP contribution in [0.15, 0.2) is 47.1 Å². The third-order valence-electron chi connectivity index (χ3n) is 5.69. The van der Waals surface area contributed by atoms with Crippen LogP contribution >= 0.6 is 0 Å². The number of hydrogen-bond donors (Lipinski definition) is 0. The molecule has 1 amide bonds. The van der Waals surface area contributed by atoms with Crippen molar-refractivity contribution in [3.63, 3.8) is 0 Å². The number of carbonyl (C=O) groups excluding carboxylic acids is 1. The van der Waals surface area contributed by atoms with E-state index in [2.05, 4.69) is 19.6 Å². The fourth-order valence-electron chi connectivity index (χ4n) is 3.74. The molecule has 36 heavy (non-hydrogen) atoms. The van der Waals surface area contributed by atoms with E-state index in [1.165, 1.54) is 35.4 Å². The van der Waals surface area contributed by atoms with Gasteiger partial charge in [0.1, 0.15) is 0 Å². The zero-order valence-corrected chi connectivity index (χ0v) is 19.8. The van der Waals surface area contributed by atoms with Gasteiger partial charge in [0.25, 0.3) is 5.89 Å². The largest absolute Gasteiger partial charge is 0.416 e. The molecule has 0 spiro atoms. The molecular formula is C23H21F5N4O3S. The lowest BCUT2D eigenvalue weighted by molar-refractivity contribution is -0.137. The fraction of sp³-hybridized carbons (Fsp3) is 0.391. The molecule has 3 heterocycles. The second kappa shape index (κ2) is 10.0. The summed E-state index contributed by atoms with van der Waals surface area (Å²) in [5, 5.41) is 3.52. The molecule has 0 aliphatic carbocycles. The quantitative estimate of drug-likeness (QED) is 0.421. The van der Waals surface area contributed by atoms with E-state index in [4.69, 9.17) is 0 Å². The second-order valence-electron chi connectivity index (χ2n) is 8.44. The minimum atomic E-state index is -4.59. The van der Waals surface area contributed by atoms with Crippen LogP contribution in [0.5, 0.6) is 0 Å². The van der Waals surface area contributed by atoms with E-state index < -0.39 is 40.3 Å². The summed E-state index contributed by atoms with van der Waals surface area (Å²) in [5.74, 6) is -4.43. The molecule has 13 heteroatoms. The third kappa shape index (κ3) is 5.94. The number of amides is 1. The Kier molecular flexibility index (Phi) is 7.21. The van der Waals surface area contributed by atoms with Gasteiger partial charge in [0.05, 0.1) is 17.8 Å². The number of benzene rings is 1. The maximum absolute atomic E-state index is 13.4. The minimum absolute atomic E-state index is 0.0559. The molecule has 2 aromatic heterocycles. The monoisotopic (exact) mass is 528 g/mol. The van der Waals surface area contributed by atoms with E-state index >= 15 is 0 Å². The molecule has 1 fully saturated rings. The van der Waals surface area contributed by atoms with Crippen LogP contribution in [0.1, 0.15) is 36.9 Å². The molecule has 0 unspecified atom stereocenters. The molecule has 1 saturated heterocycles. The summed E-state index contributed by atoms with van der Waals surface area (Å²) >= 11 is 0. The van der Waals surface area contributed by atoms with Crippen LogP contribution in [0.25, 0.3) is 11.4 Å². The number of rotatable bonds is 6. The Labute approximate surface area is 205 Å². The Morgan fingerprint density at radius 1 is 1.14 bits per heavy atom. The number of pyridine rings is 1. The van der Waals surface area contributed by atoms with Crippen molar-refractivity contribution >= 4 is 22.4 Å². The van der Waals surface area contributed by atoms with E-state index in [-0.39, 0.29) is 29.5 Å². The molecule has 1 aliphatic heterocycles. The first-order chi connectivity index (χ1) is 16.9. The highest BCUT2D eigenvalue weighted by atomic mass is 32.2. The predicted octanol–water partition coefficient (Wildman–Crippen LogP) is 4.95. The summed E-state index contributed by atoms with van der Waals surface area (Å²) < 4.78 is 83.0. The lowest BCUT2D eigenvalue weighted by atomic mass is 10.00. The maximum atomic E-state index is 13.4. The number of halogens is 5. The summed E-state index contributed by atoms with van der Waals surface area (Å²) in [6, 6.07) is 7.44. The number of anilines is 1. The number of hydrogen-bond acceptors (Lipinski definition) is 6. The third-order valence-corrected chi connectivity index (χ3v) is 7.08. The van der Waals surface area contributed by atoms with Crippen molar-refractivity contribution in [3.8, 4) is 11.4 Å². The normalized spacial score (nSPS) is 18.7. The average molecular weight is 529 g/mol. The summed E-state index contributed by atoms with van der Waals surface area (Å²) in [5.41, 5.74) is -0.218. The molecule has 1 aliphatic rings. The smallest absolute Gasteiger partial charge is 0.332 e. The van der Waals surface area contributed by atoms with Crippen molar-refractivity contribution in [3.05, 3.63) is 59.7 Å². The summed E-state index contributed by atoms with van der Waals surface area (Å²) in [7, 11) is -1.01. The first-order valence-corrected chi connectivity index (χ1v) is 12.4. The number of aromatic nitrogens is 3. The molecule has 0 atom stereocenters. The highest BCUT2D eigenvalue weighted by Crippen LogP contribution is 2.33. The average Bonchev–Trinajstić information content (AvgIpc) is 3.34. The molecule has 3 aromatic rings. The molecule has 192 valence electrons. The molecule has 1 aromatic carbocycles. The van der Waals surface area contributed by atoms with Gasteiger partial charge in [-0.1, -0.05) is 11.2 Å². The maximum Gasteiger partial charge on any atom is 0.416 e. The van der Waals surface area contributed by atoms with Gasteiger partial charge in [-0.15, -0.1) is 0 Å². The molecule has 7 nitrogen and oxygen atoms in total. The zero-order valence-electron chi connectivity index (χ0n) is 19.0. The van der Waals surface area contributed by atoms with Gasteiger partial charge in [-0.3, -0.25) is 14.0 Å². The topological polar surface area (TPSA) is 89.2 Å².